The predicted molar refractivity (Wildman–Crippen MR) is 115 cm³/mol. The second kappa shape index (κ2) is 9.43. The number of rotatable bonds is 7. The topological polar surface area (TPSA) is 104 Å². The minimum atomic E-state index is 0.359. The molecular weight excluding hydrogens is 400 g/mol. The van der Waals surface area contributed by atoms with Crippen LogP contribution in [0.3, 0.4) is 0 Å². The SMILES string of the molecule is COc1ccc(-c2nc(N3CCOCC3)nc(Nc3ccncc3)c2OC)nc1OC. The third-order valence-electron chi connectivity index (χ3n) is 4.78. The predicted octanol–water partition coefficient (Wildman–Crippen LogP) is 2.54. The Morgan fingerprint density at radius 2 is 1.68 bits per heavy atom. The minimum Gasteiger partial charge on any atom is -0.491 e. The zero-order valence-electron chi connectivity index (χ0n) is 17.7. The summed E-state index contributed by atoms with van der Waals surface area (Å²) in [6.45, 7) is 2.62. The number of nitrogens with zero attached hydrogens (tertiary/aromatic N) is 5. The van der Waals surface area contributed by atoms with Crippen molar-refractivity contribution in [3.8, 4) is 28.8 Å². The van der Waals surface area contributed by atoms with Crippen LogP contribution in [0.25, 0.3) is 11.4 Å². The second-order valence-electron chi connectivity index (χ2n) is 6.62. The van der Waals surface area contributed by atoms with E-state index >= 15 is 0 Å². The van der Waals surface area contributed by atoms with Gasteiger partial charge in [-0.3, -0.25) is 4.98 Å². The molecule has 0 spiro atoms. The molecule has 1 fully saturated rings. The molecule has 0 amide bonds. The molecule has 3 aromatic heterocycles. The van der Waals surface area contributed by atoms with Gasteiger partial charge in [0.15, 0.2) is 17.3 Å². The average molecular weight is 424 g/mol. The zero-order valence-corrected chi connectivity index (χ0v) is 17.7. The van der Waals surface area contributed by atoms with E-state index in [1.165, 1.54) is 0 Å². The summed E-state index contributed by atoms with van der Waals surface area (Å²) < 4.78 is 21.9. The van der Waals surface area contributed by atoms with Gasteiger partial charge in [0.25, 0.3) is 5.88 Å². The van der Waals surface area contributed by atoms with Gasteiger partial charge in [-0.2, -0.15) is 4.98 Å². The number of hydrogen-bond acceptors (Lipinski definition) is 10. The van der Waals surface area contributed by atoms with Crippen LogP contribution in [-0.4, -0.2) is 67.6 Å². The van der Waals surface area contributed by atoms with Crippen LogP contribution in [0, 0.1) is 0 Å². The molecule has 1 N–H and O–H groups in total. The second-order valence-corrected chi connectivity index (χ2v) is 6.62. The molecule has 1 aliphatic heterocycles. The highest BCUT2D eigenvalue weighted by Crippen LogP contribution is 2.38. The molecule has 31 heavy (non-hydrogen) atoms. The summed E-state index contributed by atoms with van der Waals surface area (Å²) in [5, 5.41) is 3.31. The number of pyridine rings is 2. The van der Waals surface area contributed by atoms with Crippen molar-refractivity contribution in [1.29, 1.82) is 0 Å². The van der Waals surface area contributed by atoms with Crippen molar-refractivity contribution in [3.63, 3.8) is 0 Å². The number of anilines is 3. The van der Waals surface area contributed by atoms with Gasteiger partial charge >= 0.3 is 0 Å². The Morgan fingerprint density at radius 1 is 0.903 bits per heavy atom. The Balaban J connectivity index is 1.85. The molecule has 0 aromatic carbocycles. The van der Waals surface area contributed by atoms with E-state index in [1.807, 2.05) is 18.2 Å². The van der Waals surface area contributed by atoms with Crippen LogP contribution >= 0.6 is 0 Å². The summed E-state index contributed by atoms with van der Waals surface area (Å²) >= 11 is 0. The third kappa shape index (κ3) is 4.43. The van der Waals surface area contributed by atoms with Crippen molar-refractivity contribution < 1.29 is 18.9 Å². The summed E-state index contributed by atoms with van der Waals surface area (Å²) in [5.41, 5.74) is 1.94. The summed E-state index contributed by atoms with van der Waals surface area (Å²) in [4.78, 5) is 20.2. The van der Waals surface area contributed by atoms with Crippen molar-refractivity contribution in [2.24, 2.45) is 0 Å². The highest BCUT2D eigenvalue weighted by Gasteiger charge is 2.23. The molecular formula is C21H24N6O4. The van der Waals surface area contributed by atoms with Gasteiger partial charge < -0.3 is 29.2 Å². The molecule has 1 saturated heterocycles. The fourth-order valence-corrected chi connectivity index (χ4v) is 3.23. The molecule has 0 unspecified atom stereocenters. The Hall–Kier alpha value is -3.66. The first-order valence-corrected chi connectivity index (χ1v) is 9.78. The van der Waals surface area contributed by atoms with E-state index in [1.54, 1.807) is 39.8 Å². The van der Waals surface area contributed by atoms with Crippen LogP contribution in [0.5, 0.6) is 17.4 Å². The highest BCUT2D eigenvalue weighted by molar-refractivity contribution is 5.76. The molecule has 4 heterocycles. The van der Waals surface area contributed by atoms with E-state index in [9.17, 15) is 0 Å². The van der Waals surface area contributed by atoms with Gasteiger partial charge in [-0.25, -0.2) is 9.97 Å². The van der Waals surface area contributed by atoms with Crippen LogP contribution in [-0.2, 0) is 4.74 Å². The Labute approximate surface area is 180 Å². The van der Waals surface area contributed by atoms with Crippen LogP contribution in [0.2, 0.25) is 0 Å². The smallest absolute Gasteiger partial charge is 0.257 e. The van der Waals surface area contributed by atoms with E-state index in [2.05, 4.69) is 20.2 Å². The summed E-state index contributed by atoms with van der Waals surface area (Å²) in [6.07, 6.45) is 3.41. The molecule has 4 rings (SSSR count). The summed E-state index contributed by atoms with van der Waals surface area (Å²) in [7, 11) is 4.69. The number of morpholine rings is 1. The number of nitrogens with one attached hydrogen (secondary N) is 1. The van der Waals surface area contributed by atoms with Gasteiger partial charge in [-0.1, -0.05) is 0 Å². The Kier molecular flexibility index (Phi) is 6.27. The van der Waals surface area contributed by atoms with Crippen LogP contribution in [0.15, 0.2) is 36.7 Å². The van der Waals surface area contributed by atoms with Crippen molar-refractivity contribution >= 4 is 17.5 Å². The number of methoxy groups -OCH3 is 3. The molecule has 0 bridgehead atoms. The Bertz CT molecular complexity index is 1030. The lowest BCUT2D eigenvalue weighted by Gasteiger charge is -2.28. The third-order valence-corrected chi connectivity index (χ3v) is 4.78. The van der Waals surface area contributed by atoms with Gasteiger partial charge in [0.1, 0.15) is 5.69 Å². The lowest BCUT2D eigenvalue weighted by atomic mass is 10.2. The van der Waals surface area contributed by atoms with Crippen molar-refractivity contribution in [1.82, 2.24) is 19.9 Å². The first-order chi connectivity index (χ1) is 15.2. The van der Waals surface area contributed by atoms with Gasteiger partial charge in [0.05, 0.1) is 40.2 Å². The first kappa shape index (κ1) is 20.6. The molecule has 1 aliphatic rings. The summed E-state index contributed by atoms with van der Waals surface area (Å²) in [6, 6.07) is 7.30. The molecule has 162 valence electrons. The van der Waals surface area contributed by atoms with E-state index in [0.717, 1.165) is 5.69 Å². The molecule has 0 radical (unpaired) electrons. The minimum absolute atomic E-state index is 0.359. The van der Waals surface area contributed by atoms with Crippen LogP contribution in [0.1, 0.15) is 0 Å². The zero-order chi connectivity index (χ0) is 21.6. The lowest BCUT2D eigenvalue weighted by molar-refractivity contribution is 0.122. The molecule has 0 aliphatic carbocycles. The molecule has 0 atom stereocenters. The summed E-state index contributed by atoms with van der Waals surface area (Å²) in [5.74, 6) is 2.44. The van der Waals surface area contributed by atoms with Gasteiger partial charge in [-0.15, -0.1) is 0 Å². The normalized spacial score (nSPS) is 13.6. The van der Waals surface area contributed by atoms with Crippen LogP contribution in [0.4, 0.5) is 17.5 Å². The standard InChI is InChI=1S/C21H24N6O4/c1-28-16-5-4-15(24-20(16)30-3)17-18(29-2)19(23-14-6-8-22-9-7-14)26-21(25-17)27-10-12-31-13-11-27/h4-9H,10-13H2,1-3H3,(H,22,23,25,26). The molecule has 10 heteroatoms. The van der Waals surface area contributed by atoms with Crippen molar-refractivity contribution in [2.45, 2.75) is 0 Å². The first-order valence-electron chi connectivity index (χ1n) is 9.78. The maximum absolute atomic E-state index is 5.72. The van der Waals surface area contributed by atoms with E-state index in [0.29, 0.717) is 66.8 Å². The maximum atomic E-state index is 5.72. The fraction of sp³-hybridized carbons (Fsp3) is 0.333. The van der Waals surface area contributed by atoms with E-state index in [-0.39, 0.29) is 0 Å². The van der Waals surface area contributed by atoms with Crippen molar-refractivity contribution in [3.05, 3.63) is 36.7 Å². The van der Waals surface area contributed by atoms with Crippen LogP contribution < -0.4 is 24.4 Å². The monoisotopic (exact) mass is 424 g/mol. The average Bonchev–Trinajstić information content (AvgIpc) is 2.84. The fourth-order valence-electron chi connectivity index (χ4n) is 3.23. The number of aromatic nitrogens is 4. The Morgan fingerprint density at radius 3 is 2.35 bits per heavy atom. The quantitative estimate of drug-likeness (QED) is 0.608. The van der Waals surface area contributed by atoms with Crippen molar-refractivity contribution in [2.75, 3.05) is 57.8 Å². The molecule has 0 saturated carbocycles. The van der Waals surface area contributed by atoms with Gasteiger partial charge in [-0.05, 0) is 24.3 Å². The highest BCUT2D eigenvalue weighted by atomic mass is 16.5. The number of ether oxygens (including phenoxy) is 4. The van der Waals surface area contributed by atoms with E-state index < -0.39 is 0 Å². The van der Waals surface area contributed by atoms with E-state index in [4.69, 9.17) is 28.9 Å². The lowest BCUT2D eigenvalue weighted by Crippen LogP contribution is -2.37. The largest absolute Gasteiger partial charge is 0.491 e. The van der Waals surface area contributed by atoms with Gasteiger partial charge in [0, 0.05) is 31.2 Å². The molecule has 10 nitrogen and oxygen atoms in total. The van der Waals surface area contributed by atoms with Gasteiger partial charge in [0.2, 0.25) is 5.95 Å². The maximum Gasteiger partial charge on any atom is 0.257 e. The number of hydrogen-bond donors (Lipinski definition) is 1. The molecule has 3 aromatic rings.